The molecule has 110 valence electrons. The number of hydrogen-bond donors (Lipinski definition) is 1. The quantitative estimate of drug-likeness (QED) is 0.935. The number of carbonyl (C=O) groups excluding carboxylic acids is 1. The average molecular weight is 308 g/mol. The van der Waals surface area contributed by atoms with Gasteiger partial charge in [-0.3, -0.25) is 14.2 Å². The molecule has 0 bridgehead atoms. The van der Waals surface area contributed by atoms with Gasteiger partial charge in [-0.25, -0.2) is 4.98 Å². The summed E-state index contributed by atoms with van der Waals surface area (Å²) in [5.74, 6) is 0.116. The molecule has 21 heavy (non-hydrogen) atoms. The van der Waals surface area contributed by atoms with Crippen molar-refractivity contribution in [3.63, 3.8) is 0 Å². The van der Waals surface area contributed by atoms with Crippen LogP contribution in [0.2, 0.25) is 5.02 Å². The molecule has 0 radical (unpaired) electrons. The summed E-state index contributed by atoms with van der Waals surface area (Å²) in [4.78, 5) is 27.7. The molecule has 7 heteroatoms. The van der Waals surface area contributed by atoms with Crippen molar-refractivity contribution in [3.05, 3.63) is 51.7 Å². The standard InChI is InChI=1S/C14H14ClN3O3/c1-9-5-14(20)18(8-16-9)7-13(19)17-11-6-10(15)3-4-12(11)21-2/h3-6,8H,7H2,1-2H3,(H,17,19). The Morgan fingerprint density at radius 1 is 1.43 bits per heavy atom. The van der Waals surface area contributed by atoms with Crippen LogP contribution in [0.4, 0.5) is 5.69 Å². The van der Waals surface area contributed by atoms with Gasteiger partial charge in [-0.1, -0.05) is 11.6 Å². The zero-order valence-electron chi connectivity index (χ0n) is 11.6. The van der Waals surface area contributed by atoms with Crippen LogP contribution in [-0.4, -0.2) is 22.6 Å². The molecule has 0 unspecified atom stereocenters. The summed E-state index contributed by atoms with van der Waals surface area (Å²) in [5, 5.41) is 3.13. The van der Waals surface area contributed by atoms with E-state index >= 15 is 0 Å². The number of carbonyl (C=O) groups is 1. The van der Waals surface area contributed by atoms with Gasteiger partial charge in [0.25, 0.3) is 5.56 Å². The minimum Gasteiger partial charge on any atom is -0.495 e. The zero-order chi connectivity index (χ0) is 15.4. The third-order valence-electron chi connectivity index (χ3n) is 2.77. The van der Waals surface area contributed by atoms with Gasteiger partial charge in [-0.05, 0) is 25.1 Å². The van der Waals surface area contributed by atoms with Gasteiger partial charge in [0.2, 0.25) is 5.91 Å². The van der Waals surface area contributed by atoms with E-state index in [1.54, 1.807) is 25.1 Å². The highest BCUT2D eigenvalue weighted by atomic mass is 35.5. The molecule has 1 aromatic heterocycles. The molecule has 0 aliphatic carbocycles. The lowest BCUT2D eigenvalue weighted by Gasteiger charge is -2.11. The number of benzene rings is 1. The minimum atomic E-state index is -0.372. The molecule has 1 aromatic carbocycles. The second-order valence-electron chi connectivity index (χ2n) is 4.39. The van der Waals surface area contributed by atoms with E-state index in [-0.39, 0.29) is 18.0 Å². The fraction of sp³-hybridized carbons (Fsp3) is 0.214. The molecule has 0 saturated heterocycles. The van der Waals surface area contributed by atoms with Crippen LogP contribution in [0.15, 0.2) is 35.4 Å². The van der Waals surface area contributed by atoms with E-state index in [9.17, 15) is 9.59 Å². The maximum Gasteiger partial charge on any atom is 0.253 e. The summed E-state index contributed by atoms with van der Waals surface area (Å²) < 4.78 is 6.36. The predicted octanol–water partition coefficient (Wildman–Crippen LogP) is 1.85. The highest BCUT2D eigenvalue weighted by Crippen LogP contribution is 2.27. The van der Waals surface area contributed by atoms with Gasteiger partial charge in [-0.15, -0.1) is 0 Å². The van der Waals surface area contributed by atoms with Crippen molar-refractivity contribution in [1.82, 2.24) is 9.55 Å². The third kappa shape index (κ3) is 3.82. The topological polar surface area (TPSA) is 73.2 Å². The molecule has 0 spiro atoms. The van der Waals surface area contributed by atoms with Crippen molar-refractivity contribution >= 4 is 23.2 Å². The highest BCUT2D eigenvalue weighted by molar-refractivity contribution is 6.31. The molecule has 1 N–H and O–H groups in total. The molecule has 0 saturated carbocycles. The molecule has 1 amide bonds. The van der Waals surface area contributed by atoms with Gasteiger partial charge in [-0.2, -0.15) is 0 Å². The van der Waals surface area contributed by atoms with Crippen molar-refractivity contribution < 1.29 is 9.53 Å². The first kappa shape index (κ1) is 15.1. The number of methoxy groups -OCH3 is 1. The molecular weight excluding hydrogens is 294 g/mol. The molecule has 0 aliphatic heterocycles. The molecule has 1 heterocycles. The van der Waals surface area contributed by atoms with Crippen molar-refractivity contribution in [2.75, 3.05) is 12.4 Å². The summed E-state index contributed by atoms with van der Waals surface area (Å²) >= 11 is 5.89. The van der Waals surface area contributed by atoms with Crippen molar-refractivity contribution in [2.45, 2.75) is 13.5 Å². The Bertz CT molecular complexity index is 728. The first-order valence-corrected chi connectivity index (χ1v) is 6.54. The van der Waals surface area contributed by atoms with Crippen molar-refractivity contribution in [1.29, 1.82) is 0 Å². The van der Waals surface area contributed by atoms with Gasteiger partial charge in [0, 0.05) is 16.8 Å². The number of aromatic nitrogens is 2. The number of ether oxygens (including phenoxy) is 1. The molecule has 0 fully saturated rings. The molecule has 2 rings (SSSR count). The average Bonchev–Trinajstić information content (AvgIpc) is 2.42. The number of nitrogens with zero attached hydrogens (tertiary/aromatic N) is 2. The van der Waals surface area contributed by atoms with E-state index in [1.807, 2.05) is 0 Å². The van der Waals surface area contributed by atoms with Crippen LogP contribution in [0, 0.1) is 6.92 Å². The summed E-state index contributed by atoms with van der Waals surface area (Å²) in [6.07, 6.45) is 1.34. The summed E-state index contributed by atoms with van der Waals surface area (Å²) in [7, 11) is 1.49. The SMILES string of the molecule is COc1ccc(Cl)cc1NC(=O)Cn1cnc(C)cc1=O. The van der Waals surface area contributed by atoms with Gasteiger partial charge < -0.3 is 10.1 Å². The summed E-state index contributed by atoms with van der Waals surface area (Å²) in [5.41, 5.74) is 0.770. The Kier molecular flexibility index (Phi) is 4.59. The first-order valence-electron chi connectivity index (χ1n) is 6.16. The normalized spacial score (nSPS) is 10.2. The fourth-order valence-corrected chi connectivity index (χ4v) is 1.93. The largest absolute Gasteiger partial charge is 0.495 e. The second kappa shape index (κ2) is 6.41. The summed E-state index contributed by atoms with van der Waals surface area (Å²) in [6, 6.07) is 6.25. The number of halogens is 1. The number of hydrogen-bond acceptors (Lipinski definition) is 4. The number of rotatable bonds is 4. The van der Waals surface area contributed by atoms with Crippen molar-refractivity contribution in [2.24, 2.45) is 0 Å². The van der Waals surface area contributed by atoms with E-state index in [0.29, 0.717) is 22.2 Å². The van der Waals surface area contributed by atoms with Gasteiger partial charge in [0.05, 0.1) is 19.1 Å². The van der Waals surface area contributed by atoms with Crippen LogP contribution in [-0.2, 0) is 11.3 Å². The van der Waals surface area contributed by atoms with E-state index in [2.05, 4.69) is 10.3 Å². The number of nitrogens with one attached hydrogen (secondary N) is 1. The zero-order valence-corrected chi connectivity index (χ0v) is 12.3. The van der Waals surface area contributed by atoms with Gasteiger partial charge in [0.15, 0.2) is 0 Å². The summed E-state index contributed by atoms with van der Waals surface area (Å²) in [6.45, 7) is 1.57. The maximum atomic E-state index is 12.0. The number of anilines is 1. The monoisotopic (exact) mass is 307 g/mol. The van der Waals surface area contributed by atoms with E-state index in [1.165, 1.54) is 24.1 Å². The predicted molar refractivity (Wildman–Crippen MR) is 79.9 cm³/mol. The molecule has 0 aliphatic rings. The maximum absolute atomic E-state index is 12.0. The van der Waals surface area contributed by atoms with Crippen LogP contribution < -0.4 is 15.6 Å². The third-order valence-corrected chi connectivity index (χ3v) is 3.00. The Morgan fingerprint density at radius 3 is 2.86 bits per heavy atom. The number of aryl methyl sites for hydroxylation is 1. The Labute approximate surface area is 126 Å². The smallest absolute Gasteiger partial charge is 0.253 e. The Morgan fingerprint density at radius 2 is 2.19 bits per heavy atom. The second-order valence-corrected chi connectivity index (χ2v) is 4.83. The van der Waals surface area contributed by atoms with Crippen molar-refractivity contribution in [3.8, 4) is 5.75 Å². The lowest BCUT2D eigenvalue weighted by molar-refractivity contribution is -0.116. The van der Waals surface area contributed by atoms with Crippen LogP contribution in [0.5, 0.6) is 5.75 Å². The highest BCUT2D eigenvalue weighted by Gasteiger charge is 2.10. The van der Waals surface area contributed by atoms with Crippen LogP contribution in [0.3, 0.4) is 0 Å². The Hall–Kier alpha value is -2.34. The Balaban J connectivity index is 2.15. The lowest BCUT2D eigenvalue weighted by atomic mass is 10.3. The first-order chi connectivity index (χ1) is 9.99. The molecular formula is C14H14ClN3O3. The molecule has 0 atom stereocenters. The van der Waals surface area contributed by atoms with E-state index in [4.69, 9.17) is 16.3 Å². The molecule has 2 aromatic rings. The van der Waals surface area contributed by atoms with Crippen LogP contribution in [0.25, 0.3) is 0 Å². The fourth-order valence-electron chi connectivity index (χ4n) is 1.76. The number of amides is 1. The van der Waals surface area contributed by atoms with Gasteiger partial charge in [0.1, 0.15) is 12.3 Å². The van der Waals surface area contributed by atoms with E-state index in [0.717, 1.165) is 0 Å². The van der Waals surface area contributed by atoms with Crippen LogP contribution >= 0.6 is 11.6 Å². The molecule has 6 nitrogen and oxygen atoms in total. The van der Waals surface area contributed by atoms with E-state index < -0.39 is 0 Å². The van der Waals surface area contributed by atoms with Gasteiger partial charge >= 0.3 is 0 Å². The van der Waals surface area contributed by atoms with Crippen LogP contribution in [0.1, 0.15) is 5.69 Å². The minimum absolute atomic E-state index is 0.137. The lowest BCUT2D eigenvalue weighted by Crippen LogP contribution is -2.27.